The topological polar surface area (TPSA) is 80.7 Å². The monoisotopic (exact) mass is 341 g/mol. The maximum atomic E-state index is 12.3. The Morgan fingerprint density at radius 1 is 1.25 bits per heavy atom. The summed E-state index contributed by atoms with van der Waals surface area (Å²) in [7, 11) is 0. The molecule has 0 saturated heterocycles. The minimum Gasteiger partial charge on any atom is -0.300 e. The second-order valence-electron chi connectivity index (χ2n) is 3.33. The molecule has 2 aromatic rings. The van der Waals surface area contributed by atoms with E-state index in [4.69, 9.17) is 0 Å². The summed E-state index contributed by atoms with van der Waals surface area (Å²) < 4.78 is 37.5. The zero-order valence-electron chi connectivity index (χ0n) is 9.76. The molecule has 1 amide bonds. The molecular formula is C8H6F3N5OS3. The van der Waals surface area contributed by atoms with Gasteiger partial charge in [-0.05, 0) is 6.92 Å². The van der Waals surface area contributed by atoms with Crippen LogP contribution in [0.25, 0.3) is 0 Å². The van der Waals surface area contributed by atoms with Crippen molar-refractivity contribution in [3.05, 3.63) is 10.0 Å². The number of amides is 1. The lowest BCUT2D eigenvalue weighted by Gasteiger charge is -1.99. The Labute approximate surface area is 122 Å². The first-order valence-corrected chi connectivity index (χ1v) is 7.60. The van der Waals surface area contributed by atoms with Gasteiger partial charge >= 0.3 is 6.18 Å². The van der Waals surface area contributed by atoms with Crippen LogP contribution < -0.4 is 5.32 Å². The molecule has 2 heterocycles. The molecule has 2 rings (SSSR count). The quantitative estimate of drug-likeness (QED) is 0.861. The van der Waals surface area contributed by atoms with Gasteiger partial charge in [0.2, 0.25) is 16.0 Å². The van der Waals surface area contributed by atoms with Crippen molar-refractivity contribution in [2.45, 2.75) is 17.4 Å². The predicted molar refractivity (Wildman–Crippen MR) is 68.9 cm³/mol. The van der Waals surface area contributed by atoms with Crippen LogP contribution in [0.3, 0.4) is 0 Å². The van der Waals surface area contributed by atoms with Crippen LogP contribution in [0, 0.1) is 6.92 Å². The Balaban J connectivity index is 1.87. The fourth-order valence-electron chi connectivity index (χ4n) is 1.01. The molecule has 0 aliphatic carbocycles. The Morgan fingerprint density at radius 2 is 2.00 bits per heavy atom. The minimum absolute atomic E-state index is 0.00949. The molecule has 0 aliphatic rings. The largest absolute Gasteiger partial charge is 0.445 e. The molecule has 0 fully saturated rings. The van der Waals surface area contributed by atoms with Crippen LogP contribution in [0.1, 0.15) is 10.0 Å². The molecule has 6 nitrogen and oxygen atoms in total. The molecular weight excluding hydrogens is 335 g/mol. The molecule has 0 saturated carbocycles. The zero-order valence-corrected chi connectivity index (χ0v) is 12.2. The standard InChI is InChI=1S/C8H6F3N5OS3/c1-3-13-16-7(19-3)18-2-4(17)12-6-15-14-5(20-6)8(9,10)11/h2H2,1H3,(H,12,15,17). The molecule has 108 valence electrons. The molecule has 0 bridgehead atoms. The number of rotatable bonds is 4. The Kier molecular flexibility index (Phi) is 4.55. The number of halogens is 3. The first-order chi connectivity index (χ1) is 9.34. The van der Waals surface area contributed by atoms with E-state index in [0.717, 1.165) is 16.8 Å². The average Bonchev–Trinajstić information content (AvgIpc) is 2.95. The number of nitrogens with zero attached hydrogens (tertiary/aromatic N) is 4. The van der Waals surface area contributed by atoms with Crippen LogP contribution in [0.4, 0.5) is 18.3 Å². The van der Waals surface area contributed by atoms with Gasteiger partial charge in [0.15, 0.2) is 4.34 Å². The van der Waals surface area contributed by atoms with Gasteiger partial charge in [-0.2, -0.15) is 13.2 Å². The average molecular weight is 341 g/mol. The third-order valence-electron chi connectivity index (χ3n) is 1.75. The predicted octanol–water partition coefficient (Wildman–Crippen LogP) is 2.45. The number of carbonyl (C=O) groups excluding carboxylic acids is 1. The van der Waals surface area contributed by atoms with Crippen molar-refractivity contribution in [1.82, 2.24) is 20.4 Å². The number of nitrogens with one attached hydrogen (secondary N) is 1. The highest BCUT2D eigenvalue weighted by atomic mass is 32.2. The molecule has 2 aromatic heterocycles. The van der Waals surface area contributed by atoms with E-state index in [9.17, 15) is 18.0 Å². The normalized spacial score (nSPS) is 11.6. The second-order valence-corrected chi connectivity index (χ2v) is 6.72. The number of aromatic nitrogens is 4. The van der Waals surface area contributed by atoms with Crippen LogP contribution in [0.5, 0.6) is 0 Å². The third kappa shape index (κ3) is 4.11. The fourth-order valence-corrected chi connectivity index (χ4v) is 3.25. The van der Waals surface area contributed by atoms with Crippen LogP contribution in [-0.4, -0.2) is 32.1 Å². The lowest BCUT2D eigenvalue weighted by Crippen LogP contribution is -2.13. The number of anilines is 1. The molecule has 12 heteroatoms. The van der Waals surface area contributed by atoms with Crippen molar-refractivity contribution in [3.8, 4) is 0 Å². The van der Waals surface area contributed by atoms with Crippen molar-refractivity contribution >= 4 is 45.5 Å². The highest BCUT2D eigenvalue weighted by Gasteiger charge is 2.35. The summed E-state index contributed by atoms with van der Waals surface area (Å²) in [6.45, 7) is 1.78. The van der Waals surface area contributed by atoms with Crippen LogP contribution in [-0.2, 0) is 11.0 Å². The molecule has 0 spiro atoms. The summed E-state index contributed by atoms with van der Waals surface area (Å²) in [6, 6.07) is 0. The van der Waals surface area contributed by atoms with Gasteiger partial charge in [-0.15, -0.1) is 20.4 Å². The summed E-state index contributed by atoms with van der Waals surface area (Å²) in [6.07, 6.45) is -4.56. The van der Waals surface area contributed by atoms with Crippen LogP contribution in [0.2, 0.25) is 0 Å². The molecule has 0 radical (unpaired) electrons. The second kappa shape index (κ2) is 6.01. The lowest BCUT2D eigenvalue weighted by molar-refractivity contribution is -0.138. The highest BCUT2D eigenvalue weighted by molar-refractivity contribution is 8.01. The summed E-state index contributed by atoms with van der Waals surface area (Å²) in [5.74, 6) is -0.469. The van der Waals surface area contributed by atoms with E-state index < -0.39 is 17.1 Å². The lowest BCUT2D eigenvalue weighted by atomic mass is 10.7. The fraction of sp³-hybridized carbons (Fsp3) is 0.375. The van der Waals surface area contributed by atoms with Crippen molar-refractivity contribution in [2.75, 3.05) is 11.1 Å². The summed E-state index contributed by atoms with van der Waals surface area (Å²) in [4.78, 5) is 11.5. The van der Waals surface area contributed by atoms with Crippen molar-refractivity contribution < 1.29 is 18.0 Å². The zero-order chi connectivity index (χ0) is 14.8. The number of aryl methyl sites for hydroxylation is 1. The Morgan fingerprint density at radius 3 is 2.55 bits per heavy atom. The summed E-state index contributed by atoms with van der Waals surface area (Å²) >= 11 is 2.76. The van der Waals surface area contributed by atoms with Crippen LogP contribution >= 0.6 is 34.4 Å². The molecule has 0 aromatic carbocycles. The molecule has 20 heavy (non-hydrogen) atoms. The SMILES string of the molecule is Cc1nnc(SCC(=O)Nc2nnc(C(F)(F)F)s2)s1. The smallest absolute Gasteiger partial charge is 0.300 e. The van der Waals surface area contributed by atoms with Crippen molar-refractivity contribution in [1.29, 1.82) is 0 Å². The van der Waals surface area contributed by atoms with Gasteiger partial charge in [0.1, 0.15) is 5.01 Å². The van der Waals surface area contributed by atoms with Gasteiger partial charge in [0, 0.05) is 0 Å². The van der Waals surface area contributed by atoms with Gasteiger partial charge in [0.05, 0.1) is 5.75 Å². The Hall–Kier alpha value is -1.27. The molecule has 0 atom stereocenters. The van der Waals surface area contributed by atoms with E-state index in [1.807, 2.05) is 0 Å². The molecule has 0 unspecified atom stereocenters. The number of hydrogen-bond acceptors (Lipinski definition) is 8. The molecule has 1 N–H and O–H groups in total. The van der Waals surface area contributed by atoms with Crippen molar-refractivity contribution in [2.24, 2.45) is 0 Å². The van der Waals surface area contributed by atoms with Gasteiger partial charge in [-0.1, -0.05) is 34.4 Å². The first kappa shape index (κ1) is 15.1. The van der Waals surface area contributed by atoms with E-state index in [1.165, 1.54) is 11.3 Å². The van der Waals surface area contributed by atoms with Crippen LogP contribution in [0.15, 0.2) is 4.34 Å². The van der Waals surface area contributed by atoms with E-state index in [1.54, 1.807) is 6.92 Å². The maximum absolute atomic E-state index is 12.3. The highest BCUT2D eigenvalue weighted by Crippen LogP contribution is 2.33. The van der Waals surface area contributed by atoms with E-state index in [0.29, 0.717) is 4.34 Å². The van der Waals surface area contributed by atoms with Crippen molar-refractivity contribution in [3.63, 3.8) is 0 Å². The number of carbonyl (C=O) groups is 1. The number of thioether (sulfide) groups is 1. The van der Waals surface area contributed by atoms with Gasteiger partial charge in [-0.25, -0.2) is 0 Å². The number of alkyl halides is 3. The number of hydrogen-bond donors (Lipinski definition) is 1. The minimum atomic E-state index is -4.56. The van der Waals surface area contributed by atoms with Gasteiger partial charge < -0.3 is 0 Å². The summed E-state index contributed by atoms with van der Waals surface area (Å²) in [5.41, 5.74) is 0. The molecule has 0 aliphatic heterocycles. The van der Waals surface area contributed by atoms with E-state index in [-0.39, 0.29) is 22.2 Å². The van der Waals surface area contributed by atoms with E-state index >= 15 is 0 Å². The van der Waals surface area contributed by atoms with Gasteiger partial charge in [0.25, 0.3) is 0 Å². The third-order valence-corrected chi connectivity index (χ3v) is 4.60. The van der Waals surface area contributed by atoms with E-state index in [2.05, 4.69) is 25.7 Å². The first-order valence-electron chi connectivity index (χ1n) is 4.98. The van der Waals surface area contributed by atoms with Gasteiger partial charge in [-0.3, -0.25) is 10.1 Å². The maximum Gasteiger partial charge on any atom is 0.445 e. The Bertz CT molecular complexity index is 611. The summed E-state index contributed by atoms with van der Waals surface area (Å²) in [5, 5.41) is 15.6.